The molecule has 0 amide bonds. The first kappa shape index (κ1) is 17.0. The van der Waals surface area contributed by atoms with Crippen molar-refractivity contribution in [1.29, 1.82) is 0 Å². The molecule has 0 radical (unpaired) electrons. The molecule has 5 heteroatoms. The van der Waals surface area contributed by atoms with Crippen molar-refractivity contribution in [3.8, 4) is 0 Å². The average molecular weight is 234 g/mol. The van der Waals surface area contributed by atoms with E-state index in [-0.39, 0.29) is 29.6 Å². The van der Waals surface area contributed by atoms with Gasteiger partial charge in [0.15, 0.2) is 0 Å². The van der Waals surface area contributed by atoms with Crippen LogP contribution in [0.5, 0.6) is 0 Å². The van der Waals surface area contributed by atoms with Crippen LogP contribution in [0.4, 0.5) is 0 Å². The van der Waals surface area contributed by atoms with E-state index in [9.17, 15) is 8.42 Å². The van der Waals surface area contributed by atoms with E-state index >= 15 is 0 Å². The zero-order valence-electron chi connectivity index (χ0n) is 8.50. The molecule has 3 nitrogen and oxygen atoms in total. The van der Waals surface area contributed by atoms with Crippen LogP contribution in [0.2, 0.25) is 0 Å². The molecule has 0 atom stereocenters. The third-order valence-electron chi connectivity index (χ3n) is 1.23. The van der Waals surface area contributed by atoms with Gasteiger partial charge in [0.05, 0.1) is 5.41 Å². The Balaban J connectivity index is 0. The topological polar surface area (TPSA) is 54.4 Å². The van der Waals surface area contributed by atoms with Gasteiger partial charge < -0.3 is 6.58 Å². The fraction of sp³-hybridized carbons (Fsp3) is 0. The van der Waals surface area contributed by atoms with Crippen molar-refractivity contribution >= 4 is 16.2 Å². The van der Waals surface area contributed by atoms with Crippen LogP contribution >= 0.6 is 0 Å². The SMILES string of the molecule is O=S(=O)(O)C=Cc1ccccc1.[CH-]=C.[Na+]. The van der Waals surface area contributed by atoms with Gasteiger partial charge in [0, 0.05) is 0 Å². The smallest absolute Gasteiger partial charge is 0.521 e. The molecule has 0 spiro atoms. The molecule has 15 heavy (non-hydrogen) atoms. The Morgan fingerprint density at radius 3 is 2.07 bits per heavy atom. The molecule has 1 rings (SSSR count). The normalized spacial score (nSPS) is 9.93. The predicted octanol–water partition coefficient (Wildman–Crippen LogP) is -0.846. The second kappa shape index (κ2) is 8.88. The minimum absolute atomic E-state index is 0. The van der Waals surface area contributed by atoms with E-state index in [4.69, 9.17) is 4.55 Å². The van der Waals surface area contributed by atoms with Crippen molar-refractivity contribution in [2.75, 3.05) is 0 Å². The first-order valence-corrected chi connectivity index (χ1v) is 5.20. The zero-order valence-corrected chi connectivity index (χ0v) is 11.3. The summed E-state index contributed by atoms with van der Waals surface area (Å²) in [5.41, 5.74) is 0.732. The van der Waals surface area contributed by atoms with Crippen LogP contribution in [-0.2, 0) is 10.1 Å². The number of rotatable bonds is 2. The molecule has 76 valence electrons. The Morgan fingerprint density at radius 2 is 1.67 bits per heavy atom. The van der Waals surface area contributed by atoms with Gasteiger partial charge in [0.25, 0.3) is 10.1 Å². The summed E-state index contributed by atoms with van der Waals surface area (Å²) in [6, 6.07) is 8.86. The van der Waals surface area contributed by atoms with Gasteiger partial charge in [-0.25, -0.2) is 0 Å². The first-order chi connectivity index (χ1) is 6.58. The van der Waals surface area contributed by atoms with Crippen molar-refractivity contribution < 1.29 is 42.5 Å². The van der Waals surface area contributed by atoms with E-state index in [2.05, 4.69) is 13.2 Å². The van der Waals surface area contributed by atoms with Gasteiger partial charge in [-0.2, -0.15) is 8.42 Å². The summed E-state index contributed by atoms with van der Waals surface area (Å²) in [7, 11) is -4.00. The van der Waals surface area contributed by atoms with E-state index in [1.165, 1.54) is 6.08 Å². The van der Waals surface area contributed by atoms with Crippen LogP contribution in [-0.4, -0.2) is 13.0 Å². The van der Waals surface area contributed by atoms with Crippen LogP contribution in [0, 0.1) is 6.58 Å². The summed E-state index contributed by atoms with van der Waals surface area (Å²) in [6.45, 7) is 7.00. The van der Waals surface area contributed by atoms with Crippen LogP contribution in [0.15, 0.2) is 42.3 Å². The largest absolute Gasteiger partial charge is 1.00 e. The fourth-order valence-corrected chi connectivity index (χ4v) is 1.06. The fourth-order valence-electron chi connectivity index (χ4n) is 0.729. The molecule has 1 N–H and O–H groups in total. The molecule has 0 aromatic heterocycles. The zero-order chi connectivity index (χ0) is 11.0. The van der Waals surface area contributed by atoms with Crippen molar-refractivity contribution in [3.05, 3.63) is 54.5 Å². The van der Waals surface area contributed by atoms with Crippen LogP contribution in [0.25, 0.3) is 6.08 Å². The van der Waals surface area contributed by atoms with Gasteiger partial charge in [0.2, 0.25) is 0 Å². The second-order valence-electron chi connectivity index (χ2n) is 2.23. The van der Waals surface area contributed by atoms with Gasteiger partial charge in [-0.1, -0.05) is 30.3 Å². The van der Waals surface area contributed by atoms with Crippen LogP contribution in [0.1, 0.15) is 5.56 Å². The molecule has 0 unspecified atom stereocenters. The van der Waals surface area contributed by atoms with E-state index in [1.807, 2.05) is 6.07 Å². The molecule has 0 aliphatic rings. The molecule has 0 aliphatic carbocycles. The Labute approximate surface area is 113 Å². The number of hydrogen-bond donors (Lipinski definition) is 1. The molecule has 1 aromatic rings. The Kier molecular flexibility index (Phi) is 10.1. The van der Waals surface area contributed by atoms with Crippen molar-refractivity contribution in [2.24, 2.45) is 0 Å². The van der Waals surface area contributed by atoms with E-state index < -0.39 is 10.1 Å². The molecule has 0 saturated carbocycles. The number of benzene rings is 1. The molecular weight excluding hydrogens is 223 g/mol. The number of hydrogen-bond acceptors (Lipinski definition) is 2. The minimum Gasteiger partial charge on any atom is -0.521 e. The van der Waals surface area contributed by atoms with Gasteiger partial charge >= 0.3 is 29.6 Å². The summed E-state index contributed by atoms with van der Waals surface area (Å²) in [5.74, 6) is 0. The third kappa shape index (κ3) is 9.90. The van der Waals surface area contributed by atoms with Crippen molar-refractivity contribution in [2.45, 2.75) is 0 Å². The third-order valence-corrected chi connectivity index (χ3v) is 1.71. The molecule has 0 fully saturated rings. The summed E-state index contributed by atoms with van der Waals surface area (Å²) >= 11 is 0. The maximum atomic E-state index is 10.3. The Morgan fingerprint density at radius 1 is 1.20 bits per heavy atom. The molecule has 0 heterocycles. The molecule has 0 aliphatic heterocycles. The Hall–Kier alpha value is -0.390. The van der Waals surface area contributed by atoms with Crippen molar-refractivity contribution in [1.82, 2.24) is 0 Å². The van der Waals surface area contributed by atoms with Gasteiger partial charge in [-0.3, -0.25) is 11.1 Å². The Bertz CT molecular complexity index is 384. The molecule has 0 saturated heterocycles. The summed E-state index contributed by atoms with van der Waals surface area (Å²) < 4.78 is 28.9. The van der Waals surface area contributed by atoms with Crippen molar-refractivity contribution in [3.63, 3.8) is 0 Å². The first-order valence-electron chi connectivity index (χ1n) is 3.69. The van der Waals surface area contributed by atoms with Gasteiger partial charge in [0.1, 0.15) is 0 Å². The summed E-state index contributed by atoms with van der Waals surface area (Å²) in [5, 5.41) is 0.752. The van der Waals surface area contributed by atoms with Gasteiger partial charge in [-0.15, -0.1) is 0 Å². The maximum Gasteiger partial charge on any atom is 1.00 e. The summed E-state index contributed by atoms with van der Waals surface area (Å²) in [4.78, 5) is 0. The monoisotopic (exact) mass is 234 g/mol. The maximum absolute atomic E-state index is 10.3. The summed E-state index contributed by atoms with van der Waals surface area (Å²) in [6.07, 6.45) is 1.33. The van der Waals surface area contributed by atoms with Crippen LogP contribution in [0.3, 0.4) is 0 Å². The molecular formula is C10H11NaO3S. The van der Waals surface area contributed by atoms with E-state index in [0.29, 0.717) is 0 Å². The molecule has 0 bridgehead atoms. The molecule has 1 aromatic carbocycles. The standard InChI is InChI=1S/C8H8O3S.C2H3.Na/c9-12(10,11)7-6-8-4-2-1-3-5-8;1-2;/h1-7H,(H,9,10,11);1H,2H2;/q;-1;+1. The van der Waals surface area contributed by atoms with E-state index in [0.717, 1.165) is 11.0 Å². The quantitative estimate of drug-likeness (QED) is 0.412. The second-order valence-corrected chi connectivity index (χ2v) is 3.53. The van der Waals surface area contributed by atoms with Crippen LogP contribution < -0.4 is 29.6 Å². The minimum atomic E-state index is -4.00. The predicted molar refractivity (Wildman–Crippen MR) is 57.0 cm³/mol. The average Bonchev–Trinajstić information content (AvgIpc) is 2.19. The van der Waals surface area contributed by atoms with Gasteiger partial charge in [-0.05, 0) is 11.6 Å². The van der Waals surface area contributed by atoms with E-state index in [1.54, 1.807) is 24.3 Å².